The smallest absolute Gasteiger partial charge is 0.352 e. The molecule has 0 radical (unpaired) electrons. The van der Waals surface area contributed by atoms with E-state index in [4.69, 9.17) is 15.3 Å². The van der Waals surface area contributed by atoms with Crippen molar-refractivity contribution in [3.63, 3.8) is 0 Å². The molecule has 2 amide bonds. The lowest BCUT2D eigenvalue weighted by Gasteiger charge is -2.49. The summed E-state index contributed by atoms with van der Waals surface area (Å²) in [6, 6.07) is -0.968. The van der Waals surface area contributed by atoms with Gasteiger partial charge in [0.05, 0.1) is 0 Å². The molecule has 2 aliphatic rings. The number of β-lactam (4-membered cyclic amide) rings is 1. The predicted octanol–water partition coefficient (Wildman–Crippen LogP) is -0.232. The van der Waals surface area contributed by atoms with Gasteiger partial charge >= 0.3 is 11.9 Å². The number of hydrogen-bond donors (Lipinski definition) is 3. The number of rotatable bonds is 8. The largest absolute Gasteiger partial charge is 0.477 e. The number of ether oxygens (including phenoxy) is 1. The first-order valence-electron chi connectivity index (χ1n) is 9.00. The van der Waals surface area contributed by atoms with Gasteiger partial charge in [0, 0.05) is 23.6 Å². The molecule has 2 aliphatic heterocycles. The number of anilines is 1. The number of fused-ring (bicyclic) bond motifs is 1. The molecule has 1 aromatic heterocycles. The summed E-state index contributed by atoms with van der Waals surface area (Å²) < 4.78 is 4.89. The second kappa shape index (κ2) is 9.34. The average molecular weight is 470 g/mol. The monoisotopic (exact) mass is 469 g/mol. The van der Waals surface area contributed by atoms with Crippen molar-refractivity contribution < 1.29 is 33.9 Å². The predicted molar refractivity (Wildman–Crippen MR) is 111 cm³/mol. The summed E-state index contributed by atoms with van der Waals surface area (Å²) in [5, 5.41) is 17.1. The minimum atomic E-state index is -1.32. The van der Waals surface area contributed by atoms with E-state index in [1.54, 1.807) is 6.92 Å². The summed E-state index contributed by atoms with van der Waals surface area (Å²) in [5.74, 6) is -2.96. The van der Waals surface area contributed by atoms with Crippen molar-refractivity contribution in [2.45, 2.75) is 25.3 Å². The van der Waals surface area contributed by atoms with E-state index in [-0.39, 0.29) is 41.2 Å². The van der Waals surface area contributed by atoms with Crippen LogP contribution in [-0.2, 0) is 28.8 Å². The number of amides is 2. The maximum absolute atomic E-state index is 12.8. The molecule has 12 nitrogen and oxygen atoms in total. The molecule has 0 aromatic carbocycles. The number of oxime groups is 1. The molecule has 166 valence electrons. The van der Waals surface area contributed by atoms with E-state index >= 15 is 0 Å². The van der Waals surface area contributed by atoms with Crippen LogP contribution in [0.5, 0.6) is 0 Å². The Morgan fingerprint density at radius 3 is 2.77 bits per heavy atom. The number of nitrogen functional groups attached to an aromatic ring is 1. The van der Waals surface area contributed by atoms with Gasteiger partial charge in [0.15, 0.2) is 10.8 Å². The van der Waals surface area contributed by atoms with Crippen molar-refractivity contribution in [2.24, 2.45) is 5.16 Å². The highest BCUT2D eigenvalue weighted by atomic mass is 32.2. The molecular formula is C17H19N5O7S2. The van der Waals surface area contributed by atoms with Gasteiger partial charge in [-0.25, -0.2) is 9.78 Å². The van der Waals surface area contributed by atoms with Crippen LogP contribution in [0.15, 0.2) is 21.8 Å². The number of nitrogens with two attached hydrogens (primary N) is 1. The van der Waals surface area contributed by atoms with Crippen LogP contribution >= 0.6 is 23.1 Å². The molecule has 31 heavy (non-hydrogen) atoms. The Balaban J connectivity index is 1.78. The van der Waals surface area contributed by atoms with Crippen molar-refractivity contribution in [3.05, 3.63) is 22.3 Å². The quantitative estimate of drug-likeness (QED) is 0.200. The summed E-state index contributed by atoms with van der Waals surface area (Å²) in [4.78, 5) is 58.3. The maximum Gasteiger partial charge on any atom is 0.352 e. The van der Waals surface area contributed by atoms with Crippen LogP contribution in [-0.4, -0.2) is 74.8 Å². The topological polar surface area (TPSA) is 174 Å². The minimum Gasteiger partial charge on any atom is -0.477 e. The number of aliphatic carboxylic acids is 1. The molecule has 1 saturated heterocycles. The fourth-order valence-electron chi connectivity index (χ4n) is 2.92. The van der Waals surface area contributed by atoms with E-state index < -0.39 is 35.2 Å². The molecule has 2 atom stereocenters. The number of hydrogen-bond acceptors (Lipinski definition) is 11. The van der Waals surface area contributed by atoms with Gasteiger partial charge in [-0.2, -0.15) is 0 Å². The van der Waals surface area contributed by atoms with E-state index in [1.165, 1.54) is 24.1 Å². The Hall–Kier alpha value is -3.13. The van der Waals surface area contributed by atoms with Crippen molar-refractivity contribution in [1.82, 2.24) is 15.2 Å². The van der Waals surface area contributed by atoms with Crippen molar-refractivity contribution >= 4 is 57.7 Å². The van der Waals surface area contributed by atoms with Crippen LogP contribution in [0.3, 0.4) is 0 Å². The van der Waals surface area contributed by atoms with Crippen LogP contribution in [0.4, 0.5) is 5.13 Å². The molecule has 3 rings (SSSR count). The molecule has 3 heterocycles. The Kier molecular flexibility index (Phi) is 6.80. The van der Waals surface area contributed by atoms with E-state index in [0.717, 1.165) is 16.2 Å². The first-order chi connectivity index (χ1) is 14.7. The molecule has 14 heteroatoms. The summed E-state index contributed by atoms with van der Waals surface area (Å²) >= 11 is 2.37. The molecule has 4 N–H and O–H groups in total. The number of carbonyl (C=O) groups is 4. The van der Waals surface area contributed by atoms with Crippen LogP contribution in [0.1, 0.15) is 19.5 Å². The number of esters is 1. The Labute approximate surface area is 184 Å². The van der Waals surface area contributed by atoms with Gasteiger partial charge in [-0.3, -0.25) is 19.3 Å². The highest BCUT2D eigenvalue weighted by Gasteiger charge is 2.54. The first kappa shape index (κ1) is 22.6. The van der Waals surface area contributed by atoms with Gasteiger partial charge in [0.2, 0.25) is 0 Å². The van der Waals surface area contributed by atoms with Gasteiger partial charge in [-0.05, 0) is 6.92 Å². The Morgan fingerprint density at radius 2 is 2.19 bits per heavy atom. The molecule has 0 aliphatic carbocycles. The lowest BCUT2D eigenvalue weighted by atomic mass is 10.0. The van der Waals surface area contributed by atoms with Gasteiger partial charge in [-0.15, -0.1) is 23.1 Å². The highest BCUT2D eigenvalue weighted by molar-refractivity contribution is 8.00. The summed E-state index contributed by atoms with van der Waals surface area (Å²) in [6.07, 6.45) is 0. The maximum atomic E-state index is 12.8. The van der Waals surface area contributed by atoms with Crippen LogP contribution in [0, 0.1) is 0 Å². The molecule has 1 aromatic rings. The third-order valence-electron chi connectivity index (χ3n) is 4.25. The van der Waals surface area contributed by atoms with Gasteiger partial charge in [0.25, 0.3) is 11.8 Å². The molecule has 0 unspecified atom stereocenters. The number of carboxylic acid groups (broad SMARTS) is 1. The van der Waals surface area contributed by atoms with Gasteiger partial charge < -0.3 is 25.7 Å². The zero-order valence-electron chi connectivity index (χ0n) is 16.5. The zero-order valence-corrected chi connectivity index (χ0v) is 18.1. The fourth-order valence-corrected chi connectivity index (χ4v) is 4.80. The lowest BCUT2D eigenvalue weighted by Crippen LogP contribution is -2.71. The summed E-state index contributed by atoms with van der Waals surface area (Å²) in [7, 11) is 0. The minimum absolute atomic E-state index is 0.147. The standard InChI is InChI=1S/C17H19N5O7S2/c1-3-29-21-10(9-6-31-17(18)19-9)13(24)20-11-14(25)22-12(16(26)27)8(4-28-7(2)23)5-30-15(11)22/h6,11,15H,3-5H2,1-2H3,(H2,18,19)(H,20,24)(H,26,27)/t11-,15-/m1/s1. The number of thioether (sulfide) groups is 1. The first-order valence-corrected chi connectivity index (χ1v) is 10.9. The molecule has 0 saturated carbocycles. The Morgan fingerprint density at radius 1 is 1.45 bits per heavy atom. The van der Waals surface area contributed by atoms with Crippen LogP contribution in [0.2, 0.25) is 0 Å². The third kappa shape index (κ3) is 4.64. The van der Waals surface area contributed by atoms with E-state index in [0.29, 0.717) is 5.57 Å². The molecule has 0 bridgehead atoms. The summed E-state index contributed by atoms with van der Waals surface area (Å²) in [5.41, 5.74) is 5.73. The fraction of sp³-hybridized carbons (Fsp3) is 0.412. The average Bonchev–Trinajstić information content (AvgIpc) is 3.15. The second-order valence-electron chi connectivity index (χ2n) is 6.33. The zero-order chi connectivity index (χ0) is 22.7. The third-order valence-corrected chi connectivity index (χ3v) is 6.26. The van der Waals surface area contributed by atoms with Crippen molar-refractivity contribution in [2.75, 3.05) is 24.7 Å². The van der Waals surface area contributed by atoms with Crippen molar-refractivity contribution in [1.29, 1.82) is 0 Å². The lowest BCUT2D eigenvalue weighted by molar-refractivity contribution is -0.150. The number of thiazole rings is 1. The number of aromatic nitrogens is 1. The van der Waals surface area contributed by atoms with E-state index in [9.17, 15) is 24.3 Å². The van der Waals surface area contributed by atoms with Crippen LogP contribution in [0.25, 0.3) is 0 Å². The molecule has 1 fully saturated rings. The number of carboxylic acids is 1. The van der Waals surface area contributed by atoms with Gasteiger partial charge in [0.1, 0.15) is 36.0 Å². The summed E-state index contributed by atoms with van der Waals surface area (Å²) in [6.45, 7) is 2.88. The van der Waals surface area contributed by atoms with Gasteiger partial charge in [-0.1, -0.05) is 5.16 Å². The SMILES string of the molecule is CCON=C(C(=O)N[C@@H]1C(=O)N2C(C(=O)O)=C(COC(C)=O)CS[C@H]12)c1csc(N)n1. The molecule has 0 spiro atoms. The number of nitrogens with zero attached hydrogens (tertiary/aromatic N) is 3. The number of carbonyl (C=O) groups excluding carboxylic acids is 3. The van der Waals surface area contributed by atoms with Crippen molar-refractivity contribution in [3.8, 4) is 0 Å². The Bertz CT molecular complexity index is 989. The van der Waals surface area contributed by atoms with Crippen LogP contribution < -0.4 is 11.1 Å². The number of nitrogens with one attached hydrogen (secondary N) is 1. The normalized spacial score (nSPS) is 20.6. The highest BCUT2D eigenvalue weighted by Crippen LogP contribution is 2.40. The molecular weight excluding hydrogens is 450 g/mol. The van der Waals surface area contributed by atoms with E-state index in [2.05, 4.69) is 15.5 Å². The van der Waals surface area contributed by atoms with E-state index in [1.807, 2.05) is 0 Å². The second-order valence-corrected chi connectivity index (χ2v) is 8.32.